The second-order valence-corrected chi connectivity index (χ2v) is 7.38. The van der Waals surface area contributed by atoms with Crippen LogP contribution in [0, 0.1) is 10.5 Å². The molecule has 27 heavy (non-hydrogen) atoms. The second-order valence-electron chi connectivity index (χ2n) is 5.76. The van der Waals surface area contributed by atoms with Crippen molar-refractivity contribution in [2.75, 3.05) is 24.4 Å². The van der Waals surface area contributed by atoms with Crippen LogP contribution in [0.4, 0.5) is 11.4 Å². The molecule has 1 N–H and O–H groups in total. The smallest absolute Gasteiger partial charge is 0.283 e. The Morgan fingerprint density at radius 3 is 2.41 bits per heavy atom. The standard InChI is InChI=1S/C19H16ClIN2O4/c1-10-8-11(21)4-6-14(10)23-18(24)16(20)17(19(23)25)22-13-9-12(26-2)5-7-15(13)27-3/h4-9,22H,1-3H3. The molecule has 0 unspecified atom stereocenters. The largest absolute Gasteiger partial charge is 0.497 e. The Morgan fingerprint density at radius 2 is 1.78 bits per heavy atom. The van der Waals surface area contributed by atoms with Gasteiger partial charge >= 0.3 is 0 Å². The zero-order valence-electron chi connectivity index (χ0n) is 14.8. The molecule has 1 aliphatic rings. The number of anilines is 2. The van der Waals surface area contributed by atoms with Crippen molar-refractivity contribution in [1.29, 1.82) is 0 Å². The van der Waals surface area contributed by atoms with E-state index >= 15 is 0 Å². The summed E-state index contributed by atoms with van der Waals surface area (Å²) >= 11 is 8.37. The van der Waals surface area contributed by atoms with Gasteiger partial charge in [-0.05, 0) is 65.4 Å². The van der Waals surface area contributed by atoms with Crippen molar-refractivity contribution in [1.82, 2.24) is 0 Å². The molecule has 2 aromatic rings. The molecule has 0 bridgehead atoms. The second kappa shape index (κ2) is 7.77. The molecule has 0 spiro atoms. The fourth-order valence-electron chi connectivity index (χ4n) is 2.75. The number of nitrogens with zero attached hydrogens (tertiary/aromatic N) is 1. The minimum Gasteiger partial charge on any atom is -0.497 e. The van der Waals surface area contributed by atoms with E-state index < -0.39 is 11.8 Å². The first-order valence-electron chi connectivity index (χ1n) is 7.91. The Kier molecular flexibility index (Phi) is 5.61. The van der Waals surface area contributed by atoms with E-state index in [-0.39, 0.29) is 10.7 Å². The Balaban J connectivity index is 1.98. The molecule has 2 amide bonds. The molecule has 0 fully saturated rings. The number of carbonyl (C=O) groups is 2. The van der Waals surface area contributed by atoms with Crippen LogP contribution in [0.1, 0.15) is 5.56 Å². The van der Waals surface area contributed by atoms with Crippen LogP contribution in [0.15, 0.2) is 47.1 Å². The van der Waals surface area contributed by atoms with E-state index in [4.69, 9.17) is 21.1 Å². The number of hydrogen-bond acceptors (Lipinski definition) is 5. The summed E-state index contributed by atoms with van der Waals surface area (Å²) in [7, 11) is 3.04. The van der Waals surface area contributed by atoms with Gasteiger partial charge in [-0.15, -0.1) is 0 Å². The quantitative estimate of drug-likeness (QED) is 0.498. The molecule has 1 aliphatic heterocycles. The number of amides is 2. The molecular weight excluding hydrogens is 483 g/mol. The van der Waals surface area contributed by atoms with Crippen LogP contribution in [0.25, 0.3) is 0 Å². The minimum absolute atomic E-state index is 0.00818. The third-order valence-electron chi connectivity index (χ3n) is 4.09. The van der Waals surface area contributed by atoms with Gasteiger partial charge in [0, 0.05) is 9.64 Å². The third kappa shape index (κ3) is 3.61. The summed E-state index contributed by atoms with van der Waals surface area (Å²) in [5, 5.41) is 2.75. The monoisotopic (exact) mass is 498 g/mol. The van der Waals surface area contributed by atoms with E-state index in [1.54, 1.807) is 24.3 Å². The Labute approximate surface area is 175 Å². The van der Waals surface area contributed by atoms with Crippen molar-refractivity contribution in [3.63, 3.8) is 0 Å². The normalized spacial score (nSPS) is 14.0. The van der Waals surface area contributed by atoms with Crippen LogP contribution < -0.4 is 19.7 Å². The van der Waals surface area contributed by atoms with Crippen LogP contribution in [-0.4, -0.2) is 26.0 Å². The lowest BCUT2D eigenvalue weighted by Gasteiger charge is -2.18. The number of hydrogen-bond donors (Lipinski definition) is 1. The molecule has 2 aromatic carbocycles. The van der Waals surface area contributed by atoms with Gasteiger partial charge in [-0.25, -0.2) is 4.90 Å². The fraction of sp³-hybridized carbons (Fsp3) is 0.158. The lowest BCUT2D eigenvalue weighted by molar-refractivity contribution is -0.120. The highest BCUT2D eigenvalue weighted by Crippen LogP contribution is 2.35. The molecule has 0 saturated heterocycles. The van der Waals surface area contributed by atoms with Crippen LogP contribution in [0.5, 0.6) is 11.5 Å². The average molecular weight is 499 g/mol. The van der Waals surface area contributed by atoms with Gasteiger partial charge in [0.2, 0.25) is 0 Å². The van der Waals surface area contributed by atoms with Crippen LogP contribution in [0.3, 0.4) is 0 Å². The number of nitrogens with one attached hydrogen (secondary N) is 1. The topological polar surface area (TPSA) is 67.9 Å². The van der Waals surface area contributed by atoms with E-state index in [0.29, 0.717) is 22.9 Å². The molecule has 140 valence electrons. The first-order chi connectivity index (χ1) is 12.9. The summed E-state index contributed by atoms with van der Waals surface area (Å²) in [6, 6.07) is 10.5. The zero-order chi connectivity index (χ0) is 19.7. The third-order valence-corrected chi connectivity index (χ3v) is 5.12. The number of imide groups is 1. The summed E-state index contributed by atoms with van der Waals surface area (Å²) < 4.78 is 11.5. The summed E-state index contributed by atoms with van der Waals surface area (Å²) in [5.74, 6) is -0.0523. The summed E-state index contributed by atoms with van der Waals surface area (Å²) in [6.45, 7) is 1.84. The van der Waals surface area contributed by atoms with Crippen molar-refractivity contribution >= 4 is 57.4 Å². The minimum atomic E-state index is -0.574. The number of aryl methyl sites for hydroxylation is 1. The van der Waals surface area contributed by atoms with Gasteiger partial charge < -0.3 is 14.8 Å². The molecular formula is C19H16ClIN2O4. The van der Waals surface area contributed by atoms with Crippen LogP contribution >= 0.6 is 34.2 Å². The fourth-order valence-corrected chi connectivity index (χ4v) is 3.61. The van der Waals surface area contributed by atoms with E-state index in [0.717, 1.165) is 14.0 Å². The van der Waals surface area contributed by atoms with Crippen molar-refractivity contribution in [2.24, 2.45) is 0 Å². The molecule has 3 rings (SSSR count). The molecule has 0 aromatic heterocycles. The van der Waals surface area contributed by atoms with E-state index in [9.17, 15) is 9.59 Å². The predicted molar refractivity (Wildman–Crippen MR) is 112 cm³/mol. The first kappa shape index (κ1) is 19.5. The van der Waals surface area contributed by atoms with Crippen molar-refractivity contribution in [3.05, 3.63) is 56.3 Å². The number of halogens is 2. The number of methoxy groups -OCH3 is 2. The van der Waals surface area contributed by atoms with E-state index in [2.05, 4.69) is 27.9 Å². The zero-order valence-corrected chi connectivity index (χ0v) is 17.7. The molecule has 6 nitrogen and oxygen atoms in total. The van der Waals surface area contributed by atoms with E-state index in [1.165, 1.54) is 14.2 Å². The van der Waals surface area contributed by atoms with Crippen molar-refractivity contribution < 1.29 is 19.1 Å². The van der Waals surface area contributed by atoms with Gasteiger partial charge in [0.1, 0.15) is 22.2 Å². The van der Waals surface area contributed by atoms with Gasteiger partial charge in [0.15, 0.2) is 0 Å². The van der Waals surface area contributed by atoms with Gasteiger partial charge in [-0.1, -0.05) is 11.6 Å². The maximum atomic E-state index is 12.9. The average Bonchev–Trinajstić information content (AvgIpc) is 2.85. The molecule has 0 radical (unpaired) electrons. The summed E-state index contributed by atoms with van der Waals surface area (Å²) in [6.07, 6.45) is 0. The SMILES string of the molecule is COc1ccc(OC)c(NC2=C(Cl)C(=O)N(c3ccc(I)cc3C)C2=O)c1. The van der Waals surface area contributed by atoms with Gasteiger partial charge in [-0.2, -0.15) is 0 Å². The highest BCUT2D eigenvalue weighted by Gasteiger charge is 2.39. The maximum Gasteiger partial charge on any atom is 0.283 e. The number of carbonyl (C=O) groups excluding carboxylic acids is 2. The van der Waals surface area contributed by atoms with Crippen molar-refractivity contribution in [3.8, 4) is 11.5 Å². The molecule has 0 saturated carbocycles. The lowest BCUT2D eigenvalue weighted by Crippen LogP contribution is -2.32. The molecule has 0 aliphatic carbocycles. The summed E-state index contributed by atoms with van der Waals surface area (Å²) in [4.78, 5) is 26.7. The van der Waals surface area contributed by atoms with Crippen LogP contribution in [0.2, 0.25) is 0 Å². The Bertz CT molecular complexity index is 974. The number of rotatable bonds is 5. The lowest BCUT2D eigenvalue weighted by atomic mass is 10.2. The van der Waals surface area contributed by atoms with Gasteiger partial charge in [0.05, 0.1) is 25.6 Å². The Hall–Kier alpha value is -2.26. The Morgan fingerprint density at radius 1 is 1.04 bits per heavy atom. The molecule has 1 heterocycles. The predicted octanol–water partition coefficient (Wildman–Crippen LogP) is 4.05. The van der Waals surface area contributed by atoms with Crippen molar-refractivity contribution in [2.45, 2.75) is 6.92 Å². The van der Waals surface area contributed by atoms with Crippen LogP contribution in [-0.2, 0) is 9.59 Å². The number of benzene rings is 2. The highest BCUT2D eigenvalue weighted by molar-refractivity contribution is 14.1. The van der Waals surface area contributed by atoms with Gasteiger partial charge in [0.25, 0.3) is 11.8 Å². The molecule has 0 atom stereocenters. The maximum absolute atomic E-state index is 12.9. The first-order valence-corrected chi connectivity index (χ1v) is 9.36. The molecule has 8 heteroatoms. The highest BCUT2D eigenvalue weighted by atomic mass is 127. The van der Waals surface area contributed by atoms with E-state index in [1.807, 2.05) is 19.1 Å². The summed E-state index contributed by atoms with van der Waals surface area (Å²) in [5.41, 5.74) is 1.75. The number of ether oxygens (including phenoxy) is 2. The van der Waals surface area contributed by atoms with Gasteiger partial charge in [-0.3, -0.25) is 9.59 Å².